The van der Waals surface area contributed by atoms with Gasteiger partial charge in [0.1, 0.15) is 24.4 Å². The Morgan fingerprint density at radius 2 is 1.50 bits per heavy atom. The fraction of sp³-hybridized carbons (Fsp3) is 0.929. The predicted molar refractivity (Wildman–Crippen MR) is 76.6 cm³/mol. The van der Waals surface area contributed by atoms with Crippen molar-refractivity contribution < 1.29 is 40.2 Å². The van der Waals surface area contributed by atoms with Gasteiger partial charge in [-0.25, -0.2) is 0 Å². The average molecular weight is 324 g/mol. The highest BCUT2D eigenvalue weighted by Crippen LogP contribution is 2.11. The molecule has 0 aliphatic heterocycles. The van der Waals surface area contributed by atoms with Gasteiger partial charge < -0.3 is 35.4 Å². The van der Waals surface area contributed by atoms with Crippen molar-refractivity contribution in [1.29, 1.82) is 0 Å². The van der Waals surface area contributed by atoms with Crippen LogP contribution in [-0.4, -0.2) is 73.9 Å². The van der Waals surface area contributed by atoms with Crippen LogP contribution in [0.15, 0.2) is 0 Å². The molecule has 1 unspecified atom stereocenters. The predicted octanol–water partition coefficient (Wildman–Crippen LogP) is -1.36. The Morgan fingerprint density at radius 1 is 0.909 bits per heavy atom. The van der Waals surface area contributed by atoms with E-state index in [1.54, 1.807) is 0 Å². The van der Waals surface area contributed by atoms with E-state index in [9.17, 15) is 25.2 Å². The summed E-state index contributed by atoms with van der Waals surface area (Å²) < 4.78 is 4.55. The summed E-state index contributed by atoms with van der Waals surface area (Å²) in [6.45, 7) is 1.23. The van der Waals surface area contributed by atoms with Crippen LogP contribution in [0.2, 0.25) is 0 Å². The van der Waals surface area contributed by atoms with Crippen LogP contribution < -0.4 is 0 Å². The molecular formula is C14H28O8. The highest BCUT2D eigenvalue weighted by molar-refractivity contribution is 5.69. The standard InChI is InChI=1S/C14H28O8/c1-2-3-4-5-6-7-10(17)22-14(21)13(20)12(19)11(18)9(16)8-15/h9,11-16,18-21H,2-8H2,1H3/t9-,11-,12-,13-,14?/m1/s1. The van der Waals surface area contributed by atoms with Gasteiger partial charge in [0.2, 0.25) is 6.29 Å². The van der Waals surface area contributed by atoms with Crippen molar-refractivity contribution in [2.75, 3.05) is 6.61 Å². The van der Waals surface area contributed by atoms with E-state index in [1.807, 2.05) is 0 Å². The minimum Gasteiger partial charge on any atom is -0.433 e. The monoisotopic (exact) mass is 324 g/mol. The van der Waals surface area contributed by atoms with E-state index < -0.39 is 43.3 Å². The van der Waals surface area contributed by atoms with Crippen LogP contribution in [0.25, 0.3) is 0 Å². The van der Waals surface area contributed by atoms with Gasteiger partial charge >= 0.3 is 5.97 Å². The lowest BCUT2D eigenvalue weighted by molar-refractivity contribution is -0.213. The Labute approximate surface area is 130 Å². The number of aliphatic hydroxyl groups is 6. The van der Waals surface area contributed by atoms with E-state index in [1.165, 1.54) is 0 Å². The summed E-state index contributed by atoms with van der Waals surface area (Å²) >= 11 is 0. The lowest BCUT2D eigenvalue weighted by atomic mass is 10.0. The molecule has 0 heterocycles. The van der Waals surface area contributed by atoms with E-state index in [2.05, 4.69) is 11.7 Å². The van der Waals surface area contributed by atoms with Crippen molar-refractivity contribution in [3.63, 3.8) is 0 Å². The lowest BCUT2D eigenvalue weighted by Gasteiger charge is -2.28. The van der Waals surface area contributed by atoms with Crippen molar-refractivity contribution in [3.8, 4) is 0 Å². The summed E-state index contributed by atoms with van der Waals surface area (Å²) in [6, 6.07) is 0. The van der Waals surface area contributed by atoms with Gasteiger partial charge in [-0.1, -0.05) is 32.6 Å². The zero-order valence-corrected chi connectivity index (χ0v) is 12.8. The Balaban J connectivity index is 4.12. The lowest BCUT2D eigenvalue weighted by Crippen LogP contribution is -2.50. The minimum atomic E-state index is -2.03. The van der Waals surface area contributed by atoms with Crippen LogP contribution in [0.5, 0.6) is 0 Å². The molecule has 0 amide bonds. The molecule has 6 N–H and O–H groups in total. The molecular weight excluding hydrogens is 296 g/mol. The fourth-order valence-corrected chi connectivity index (χ4v) is 1.84. The fourth-order valence-electron chi connectivity index (χ4n) is 1.84. The SMILES string of the molecule is CCCCCCCC(=O)OC(O)[C@H](O)[C@H](O)[C@H](O)[C@H](O)CO. The largest absolute Gasteiger partial charge is 0.433 e. The summed E-state index contributed by atoms with van der Waals surface area (Å²) in [7, 11) is 0. The number of carbonyl (C=O) groups is 1. The number of rotatable bonds is 12. The van der Waals surface area contributed by atoms with E-state index in [0.29, 0.717) is 6.42 Å². The van der Waals surface area contributed by atoms with Crippen molar-refractivity contribution in [2.24, 2.45) is 0 Å². The van der Waals surface area contributed by atoms with Gasteiger partial charge in [-0.05, 0) is 6.42 Å². The van der Waals surface area contributed by atoms with E-state index >= 15 is 0 Å². The van der Waals surface area contributed by atoms with Gasteiger partial charge in [0.05, 0.1) is 6.61 Å². The molecule has 0 aromatic heterocycles. The Bertz CT molecular complexity index is 299. The third kappa shape index (κ3) is 8.02. The molecule has 0 aromatic rings. The first-order valence-corrected chi connectivity index (χ1v) is 7.55. The van der Waals surface area contributed by atoms with E-state index in [0.717, 1.165) is 25.7 Å². The normalized spacial score (nSPS) is 18.3. The third-order valence-corrected chi connectivity index (χ3v) is 3.31. The van der Waals surface area contributed by atoms with Crippen LogP contribution in [0.4, 0.5) is 0 Å². The molecule has 0 saturated carbocycles. The molecule has 0 bridgehead atoms. The average Bonchev–Trinajstić information content (AvgIpc) is 2.51. The first-order valence-electron chi connectivity index (χ1n) is 7.55. The molecule has 132 valence electrons. The molecule has 0 aliphatic rings. The van der Waals surface area contributed by atoms with Crippen LogP contribution in [-0.2, 0) is 9.53 Å². The van der Waals surface area contributed by atoms with Crippen molar-refractivity contribution in [1.82, 2.24) is 0 Å². The quantitative estimate of drug-likeness (QED) is 0.147. The summed E-state index contributed by atoms with van der Waals surface area (Å²) in [6.07, 6.45) is -4.91. The maximum Gasteiger partial charge on any atom is 0.308 e. The molecule has 0 spiro atoms. The second-order valence-electron chi connectivity index (χ2n) is 5.27. The van der Waals surface area contributed by atoms with Gasteiger partial charge in [-0.3, -0.25) is 4.79 Å². The van der Waals surface area contributed by atoms with Gasteiger partial charge in [-0.2, -0.15) is 0 Å². The molecule has 0 fully saturated rings. The molecule has 0 saturated heterocycles. The number of unbranched alkanes of at least 4 members (excludes halogenated alkanes) is 4. The topological polar surface area (TPSA) is 148 Å². The number of aliphatic hydroxyl groups excluding tert-OH is 6. The van der Waals surface area contributed by atoms with Crippen molar-refractivity contribution >= 4 is 5.97 Å². The van der Waals surface area contributed by atoms with Gasteiger partial charge in [0.25, 0.3) is 0 Å². The summed E-state index contributed by atoms with van der Waals surface area (Å²) in [4.78, 5) is 11.4. The number of ether oxygens (including phenoxy) is 1. The number of carbonyl (C=O) groups excluding carboxylic acids is 1. The minimum absolute atomic E-state index is 0.0748. The zero-order chi connectivity index (χ0) is 17.1. The maximum atomic E-state index is 11.4. The van der Waals surface area contributed by atoms with Gasteiger partial charge in [0.15, 0.2) is 0 Å². The van der Waals surface area contributed by atoms with E-state index in [-0.39, 0.29) is 6.42 Å². The maximum absolute atomic E-state index is 11.4. The molecule has 8 heteroatoms. The number of hydrogen-bond donors (Lipinski definition) is 6. The highest BCUT2D eigenvalue weighted by atomic mass is 16.6. The smallest absolute Gasteiger partial charge is 0.308 e. The number of hydrogen-bond acceptors (Lipinski definition) is 8. The van der Waals surface area contributed by atoms with Crippen LogP contribution in [0.3, 0.4) is 0 Å². The van der Waals surface area contributed by atoms with Crippen LogP contribution >= 0.6 is 0 Å². The summed E-state index contributed by atoms with van der Waals surface area (Å²) in [5.74, 6) is -0.729. The van der Waals surface area contributed by atoms with Crippen molar-refractivity contribution in [3.05, 3.63) is 0 Å². The molecule has 0 rings (SSSR count). The third-order valence-electron chi connectivity index (χ3n) is 3.31. The number of esters is 1. The Hall–Kier alpha value is -0.770. The molecule has 0 aliphatic carbocycles. The zero-order valence-electron chi connectivity index (χ0n) is 12.8. The van der Waals surface area contributed by atoms with Crippen molar-refractivity contribution in [2.45, 2.75) is 76.2 Å². The first-order chi connectivity index (χ1) is 10.3. The molecule has 0 radical (unpaired) electrons. The second-order valence-corrected chi connectivity index (χ2v) is 5.27. The van der Waals surface area contributed by atoms with E-state index in [4.69, 9.17) is 10.2 Å². The highest BCUT2D eigenvalue weighted by Gasteiger charge is 2.35. The first kappa shape index (κ1) is 21.2. The second kappa shape index (κ2) is 11.8. The van der Waals surface area contributed by atoms with Gasteiger partial charge in [0, 0.05) is 6.42 Å². The summed E-state index contributed by atoms with van der Waals surface area (Å²) in [5, 5.41) is 55.7. The molecule has 5 atom stereocenters. The Kier molecular flexibility index (Phi) is 11.3. The molecule has 0 aromatic carbocycles. The van der Waals surface area contributed by atoms with Gasteiger partial charge in [-0.15, -0.1) is 0 Å². The van der Waals surface area contributed by atoms with Crippen LogP contribution in [0.1, 0.15) is 45.4 Å². The molecule has 8 nitrogen and oxygen atoms in total. The Morgan fingerprint density at radius 3 is 2.05 bits per heavy atom. The summed E-state index contributed by atoms with van der Waals surface area (Å²) in [5.41, 5.74) is 0. The molecule has 22 heavy (non-hydrogen) atoms. The van der Waals surface area contributed by atoms with Crippen LogP contribution in [0, 0.1) is 0 Å².